The quantitative estimate of drug-likeness (QED) is 0.297. The van der Waals surface area contributed by atoms with E-state index in [-0.39, 0.29) is 0 Å². The summed E-state index contributed by atoms with van der Waals surface area (Å²) in [7, 11) is 0. The summed E-state index contributed by atoms with van der Waals surface area (Å²) in [5.74, 6) is 0. The molecule has 0 atom stereocenters. The summed E-state index contributed by atoms with van der Waals surface area (Å²) < 4.78 is 3.22. The van der Waals surface area contributed by atoms with E-state index in [9.17, 15) is 0 Å². The van der Waals surface area contributed by atoms with Gasteiger partial charge in [-0.15, -0.1) is 0 Å². The maximum absolute atomic E-state index is 1.61. The Morgan fingerprint density at radius 1 is 1.00 bits per heavy atom. The SMILES string of the molecule is C1CC[I+]C1. The largest absolute Gasteiger partial charge is 0.268 e. The lowest BCUT2D eigenvalue weighted by Crippen LogP contribution is -3.62. The molecule has 0 nitrogen and oxygen atoms in total. The molecule has 0 bridgehead atoms. The van der Waals surface area contributed by atoms with Crippen molar-refractivity contribution < 1.29 is 21.2 Å². The fraction of sp³-hybridized carbons (Fsp3) is 1.00. The van der Waals surface area contributed by atoms with Crippen LogP contribution in [0.3, 0.4) is 0 Å². The van der Waals surface area contributed by atoms with Crippen LogP contribution in [0.2, 0.25) is 0 Å². The third kappa shape index (κ3) is 1.07. The van der Waals surface area contributed by atoms with Crippen molar-refractivity contribution in [1.29, 1.82) is 0 Å². The van der Waals surface area contributed by atoms with Crippen LogP contribution in [0.1, 0.15) is 12.8 Å². The van der Waals surface area contributed by atoms with E-state index in [0.717, 1.165) is 21.2 Å². The van der Waals surface area contributed by atoms with Gasteiger partial charge in [0.2, 0.25) is 0 Å². The normalized spacial score (nSPS) is 24.0. The first kappa shape index (κ1) is 3.90. The highest BCUT2D eigenvalue weighted by atomic mass is 127. The Kier molecular flexibility index (Phi) is 1.57. The van der Waals surface area contributed by atoms with Gasteiger partial charge in [-0.2, -0.15) is 0 Å². The van der Waals surface area contributed by atoms with E-state index in [0.29, 0.717) is 0 Å². The summed E-state index contributed by atoms with van der Waals surface area (Å²) in [5.41, 5.74) is 0. The highest BCUT2D eigenvalue weighted by Gasteiger charge is 2.12. The fourth-order valence-electron chi connectivity index (χ4n) is 0.472. The average Bonchev–Trinajstić information content (AvgIpc) is 1.76. The Bertz CT molecular complexity index is 15.2. The van der Waals surface area contributed by atoms with Crippen molar-refractivity contribution in [1.82, 2.24) is 0 Å². The first-order chi connectivity index (χ1) is 2.50. The average molecular weight is 183 g/mol. The molecule has 0 aromatic carbocycles. The molecule has 1 fully saturated rings. The van der Waals surface area contributed by atoms with Crippen molar-refractivity contribution in [3.63, 3.8) is 0 Å². The molecule has 0 amide bonds. The van der Waals surface area contributed by atoms with Gasteiger partial charge in [0.1, 0.15) is 8.86 Å². The molecule has 30 valence electrons. The molecule has 1 saturated heterocycles. The smallest absolute Gasteiger partial charge is 0.00499 e. The van der Waals surface area contributed by atoms with Crippen LogP contribution in [0.15, 0.2) is 0 Å². The summed E-state index contributed by atoms with van der Waals surface area (Å²) in [4.78, 5) is 0. The van der Waals surface area contributed by atoms with Gasteiger partial charge in [-0.05, 0) is 12.8 Å². The summed E-state index contributed by atoms with van der Waals surface area (Å²) in [6.45, 7) is 0. The van der Waals surface area contributed by atoms with Crippen molar-refractivity contribution in [3.8, 4) is 0 Å². The highest BCUT2D eigenvalue weighted by Crippen LogP contribution is 1.78. The molecule has 1 heteroatoms. The molecule has 1 aliphatic heterocycles. The van der Waals surface area contributed by atoms with E-state index in [1.54, 1.807) is 21.7 Å². The second-order valence-corrected chi connectivity index (χ2v) is 4.51. The van der Waals surface area contributed by atoms with Gasteiger partial charge in [0.15, 0.2) is 0 Å². The van der Waals surface area contributed by atoms with Crippen LogP contribution in [-0.2, 0) is 0 Å². The van der Waals surface area contributed by atoms with Gasteiger partial charge in [0, 0.05) is 0 Å². The van der Waals surface area contributed by atoms with E-state index in [2.05, 4.69) is 0 Å². The molecular weight excluding hydrogens is 175 g/mol. The second kappa shape index (κ2) is 2.00. The van der Waals surface area contributed by atoms with Crippen LogP contribution in [-0.4, -0.2) is 8.86 Å². The maximum atomic E-state index is 1.61. The molecule has 0 aliphatic carbocycles. The highest BCUT2D eigenvalue weighted by molar-refractivity contribution is 4.37. The maximum Gasteiger partial charge on any atom is 0.268 e. The van der Waals surface area contributed by atoms with Crippen molar-refractivity contribution in [3.05, 3.63) is 0 Å². The lowest BCUT2D eigenvalue weighted by Gasteiger charge is -1.58. The zero-order chi connectivity index (χ0) is 3.54. The standard InChI is InChI=1S/C4H8I/c1-2-4-5-3-1/h1-4H2/q+1. The van der Waals surface area contributed by atoms with Gasteiger partial charge in [-0.1, -0.05) is 0 Å². The predicted molar refractivity (Wildman–Crippen MR) is 19.0 cm³/mol. The zero-order valence-electron chi connectivity index (χ0n) is 3.21. The number of alkyl halides is 2. The Labute approximate surface area is 43.2 Å². The Hall–Kier alpha value is 0.730. The van der Waals surface area contributed by atoms with Crippen LogP contribution in [0, 0.1) is 0 Å². The minimum Gasteiger partial charge on any atom is -0.00499 e. The predicted octanol–water partition coefficient (Wildman–Crippen LogP) is -2.13. The summed E-state index contributed by atoms with van der Waals surface area (Å²) in [6.07, 6.45) is 3.10. The van der Waals surface area contributed by atoms with E-state index in [1.807, 2.05) is 0 Å². The topological polar surface area (TPSA) is 0 Å². The number of hydrogen-bond donors (Lipinski definition) is 0. The van der Waals surface area contributed by atoms with E-state index in [4.69, 9.17) is 0 Å². The Morgan fingerprint density at radius 2 is 1.60 bits per heavy atom. The molecule has 0 spiro atoms. The Morgan fingerprint density at radius 3 is 1.80 bits per heavy atom. The summed E-state index contributed by atoms with van der Waals surface area (Å²) in [6, 6.07) is 0. The second-order valence-electron chi connectivity index (χ2n) is 1.27. The monoisotopic (exact) mass is 183 g/mol. The minimum absolute atomic E-state index is 0.742. The van der Waals surface area contributed by atoms with E-state index < -0.39 is 0 Å². The van der Waals surface area contributed by atoms with Crippen LogP contribution >= 0.6 is 0 Å². The number of hydrogen-bond acceptors (Lipinski definition) is 0. The van der Waals surface area contributed by atoms with Gasteiger partial charge in [0.05, 0.1) is 0 Å². The lowest BCUT2D eigenvalue weighted by molar-refractivity contribution is -0.635. The molecular formula is C4H8I+. The lowest BCUT2D eigenvalue weighted by atomic mass is 10.4. The summed E-state index contributed by atoms with van der Waals surface area (Å²) >= 11 is 0.742. The van der Waals surface area contributed by atoms with Crippen molar-refractivity contribution in [2.45, 2.75) is 12.8 Å². The van der Waals surface area contributed by atoms with Crippen LogP contribution in [0.4, 0.5) is 0 Å². The molecule has 0 saturated carbocycles. The Balaban J connectivity index is 2.08. The van der Waals surface area contributed by atoms with Gasteiger partial charge in [-0.25, -0.2) is 0 Å². The van der Waals surface area contributed by atoms with Gasteiger partial charge in [0.25, 0.3) is 21.2 Å². The van der Waals surface area contributed by atoms with E-state index in [1.165, 1.54) is 0 Å². The molecule has 0 radical (unpaired) electrons. The summed E-state index contributed by atoms with van der Waals surface area (Å²) in [5, 5.41) is 0. The first-order valence-corrected chi connectivity index (χ1v) is 5.09. The third-order valence-corrected chi connectivity index (χ3v) is 3.84. The van der Waals surface area contributed by atoms with Crippen LogP contribution in [0.5, 0.6) is 0 Å². The van der Waals surface area contributed by atoms with Gasteiger partial charge < -0.3 is 0 Å². The molecule has 1 heterocycles. The first-order valence-electron chi connectivity index (χ1n) is 2.03. The zero-order valence-corrected chi connectivity index (χ0v) is 5.36. The third-order valence-electron chi connectivity index (χ3n) is 0.785. The number of rotatable bonds is 0. The molecule has 0 aromatic heterocycles. The molecule has 0 aromatic rings. The fourth-order valence-corrected chi connectivity index (χ4v) is 3.17. The molecule has 1 aliphatic rings. The molecule has 1 rings (SSSR count). The van der Waals surface area contributed by atoms with Crippen LogP contribution in [0.25, 0.3) is 0 Å². The van der Waals surface area contributed by atoms with Crippen molar-refractivity contribution >= 4 is 0 Å². The molecule has 0 N–H and O–H groups in total. The number of halogens is 1. The van der Waals surface area contributed by atoms with E-state index >= 15 is 0 Å². The van der Waals surface area contributed by atoms with Gasteiger partial charge in [-0.3, -0.25) is 0 Å². The van der Waals surface area contributed by atoms with Gasteiger partial charge >= 0.3 is 0 Å². The van der Waals surface area contributed by atoms with Crippen LogP contribution < -0.4 is 21.2 Å². The molecule has 5 heavy (non-hydrogen) atoms. The van der Waals surface area contributed by atoms with Crippen molar-refractivity contribution in [2.75, 3.05) is 8.86 Å². The van der Waals surface area contributed by atoms with Crippen molar-refractivity contribution in [2.24, 2.45) is 0 Å². The molecule has 0 unspecified atom stereocenters. The minimum atomic E-state index is 0.742.